The van der Waals surface area contributed by atoms with Crippen LogP contribution in [0.25, 0.3) is 0 Å². The zero-order valence-corrected chi connectivity index (χ0v) is 18.1. The van der Waals surface area contributed by atoms with Crippen LogP contribution in [-0.2, 0) is 27.4 Å². The summed E-state index contributed by atoms with van der Waals surface area (Å²) in [7, 11) is 0. The zero-order chi connectivity index (χ0) is 21.7. The number of amides is 1. The minimum atomic E-state index is -0.411. The van der Waals surface area contributed by atoms with Crippen LogP contribution in [0.3, 0.4) is 0 Å². The number of carbonyl (C=O) groups excluding carboxylic acids is 2. The summed E-state index contributed by atoms with van der Waals surface area (Å²) in [5.41, 5.74) is 2.55. The first kappa shape index (κ1) is 21.9. The molecule has 0 bridgehead atoms. The quantitative estimate of drug-likeness (QED) is 0.646. The van der Waals surface area contributed by atoms with Gasteiger partial charge in [0, 0.05) is 13.1 Å². The maximum Gasteiger partial charge on any atom is 0.310 e. The summed E-state index contributed by atoms with van der Waals surface area (Å²) in [6, 6.07) is 7.25. The van der Waals surface area contributed by atoms with Crippen LogP contribution in [0.15, 0.2) is 28.8 Å². The molecule has 0 saturated carbocycles. The molecule has 0 aliphatic carbocycles. The van der Waals surface area contributed by atoms with Gasteiger partial charge in [-0.25, -0.2) is 0 Å². The van der Waals surface area contributed by atoms with Crippen LogP contribution >= 0.6 is 0 Å². The molecule has 2 heterocycles. The molecule has 1 aliphatic heterocycles. The van der Waals surface area contributed by atoms with Gasteiger partial charge in [-0.2, -0.15) is 0 Å². The fourth-order valence-electron chi connectivity index (χ4n) is 3.88. The van der Waals surface area contributed by atoms with Gasteiger partial charge >= 0.3 is 5.97 Å². The number of nitrogens with zero attached hydrogens (tertiary/aromatic N) is 2. The lowest BCUT2D eigenvalue weighted by atomic mass is 9.92. The summed E-state index contributed by atoms with van der Waals surface area (Å²) in [5.74, 6) is 1.86. The number of hydrogen-bond donors (Lipinski definition) is 0. The van der Waals surface area contributed by atoms with Crippen molar-refractivity contribution in [3.05, 3.63) is 46.8 Å². The van der Waals surface area contributed by atoms with Crippen LogP contribution in [0, 0.1) is 25.7 Å². The fraction of sp³-hybridized carbons (Fsp3) is 0.522. The molecule has 2 atom stereocenters. The maximum atomic E-state index is 12.3. The third kappa shape index (κ3) is 5.84. The molecule has 1 aliphatic rings. The Morgan fingerprint density at radius 1 is 1.13 bits per heavy atom. The van der Waals surface area contributed by atoms with Gasteiger partial charge in [-0.05, 0) is 49.8 Å². The van der Waals surface area contributed by atoms with Crippen molar-refractivity contribution >= 4 is 11.9 Å². The van der Waals surface area contributed by atoms with Gasteiger partial charge in [-0.15, -0.1) is 0 Å². The predicted octanol–water partition coefficient (Wildman–Crippen LogP) is 3.46. The third-order valence-electron chi connectivity index (χ3n) is 5.41. The number of ether oxygens (including phenoxy) is 2. The molecule has 3 rings (SSSR count). The molecule has 0 spiro atoms. The molecule has 1 saturated heterocycles. The van der Waals surface area contributed by atoms with Gasteiger partial charge in [0.15, 0.2) is 6.61 Å². The first-order chi connectivity index (χ1) is 14.3. The Kier molecular flexibility index (Phi) is 7.13. The number of piperidine rings is 1. The number of benzene rings is 1. The van der Waals surface area contributed by atoms with E-state index in [1.54, 1.807) is 4.90 Å². The van der Waals surface area contributed by atoms with Gasteiger partial charge < -0.3 is 18.9 Å². The molecule has 0 N–H and O–H groups in total. The lowest BCUT2D eigenvalue weighted by Gasteiger charge is -2.34. The topological polar surface area (TPSA) is 81.9 Å². The molecule has 30 heavy (non-hydrogen) atoms. The number of likely N-dealkylation sites (tertiary alicyclic amines) is 1. The Bertz CT molecular complexity index is 845. The van der Waals surface area contributed by atoms with E-state index in [-0.39, 0.29) is 18.9 Å². The molecular weight excluding hydrogens is 384 g/mol. The lowest BCUT2D eigenvalue weighted by molar-refractivity contribution is -0.152. The van der Waals surface area contributed by atoms with E-state index in [1.165, 1.54) is 0 Å². The van der Waals surface area contributed by atoms with Crippen LogP contribution < -0.4 is 4.74 Å². The van der Waals surface area contributed by atoms with Gasteiger partial charge in [-0.1, -0.05) is 31.1 Å². The van der Waals surface area contributed by atoms with Crippen molar-refractivity contribution in [2.75, 3.05) is 19.7 Å². The van der Waals surface area contributed by atoms with Gasteiger partial charge in [0.1, 0.15) is 18.1 Å². The summed E-state index contributed by atoms with van der Waals surface area (Å²) in [6.07, 6.45) is 1.24. The fourth-order valence-corrected chi connectivity index (χ4v) is 3.88. The average molecular weight is 415 g/mol. The average Bonchev–Trinajstić information content (AvgIpc) is 3.02. The lowest BCUT2D eigenvalue weighted by Crippen LogP contribution is -2.44. The number of aromatic nitrogens is 1. The van der Waals surface area contributed by atoms with Gasteiger partial charge in [0.2, 0.25) is 0 Å². The summed E-state index contributed by atoms with van der Waals surface area (Å²) in [6.45, 7) is 9.65. The zero-order valence-electron chi connectivity index (χ0n) is 18.1. The Morgan fingerprint density at radius 2 is 1.80 bits per heavy atom. The van der Waals surface area contributed by atoms with Crippen LogP contribution in [0.1, 0.15) is 42.8 Å². The summed E-state index contributed by atoms with van der Waals surface area (Å²) < 4.78 is 16.1. The normalized spacial score (nSPS) is 18.9. The molecule has 1 aromatic carbocycles. The Hall–Kier alpha value is -2.83. The minimum absolute atomic E-state index is 0.115. The smallest absolute Gasteiger partial charge is 0.310 e. The monoisotopic (exact) mass is 414 g/mol. The van der Waals surface area contributed by atoms with Crippen molar-refractivity contribution < 1.29 is 23.6 Å². The highest BCUT2D eigenvalue weighted by molar-refractivity contribution is 5.81. The molecule has 2 aromatic rings. The van der Waals surface area contributed by atoms with E-state index < -0.39 is 5.97 Å². The summed E-state index contributed by atoms with van der Waals surface area (Å²) >= 11 is 0. The SMILES string of the molecule is Cc1noc(C)c1COc1ccc(CC(=O)OCC(=O)N2C[C@@H](C)C[C@H](C)C2)cc1. The Morgan fingerprint density at radius 3 is 2.40 bits per heavy atom. The number of esters is 1. The predicted molar refractivity (Wildman–Crippen MR) is 111 cm³/mol. The van der Waals surface area contributed by atoms with Crippen molar-refractivity contribution in [3.8, 4) is 5.75 Å². The van der Waals surface area contributed by atoms with Gasteiger partial charge in [-0.3, -0.25) is 9.59 Å². The largest absolute Gasteiger partial charge is 0.489 e. The second kappa shape index (κ2) is 9.78. The van der Waals surface area contributed by atoms with Gasteiger partial charge in [0.25, 0.3) is 5.91 Å². The van der Waals surface area contributed by atoms with Crippen molar-refractivity contribution in [2.45, 2.75) is 47.1 Å². The van der Waals surface area contributed by atoms with Crippen molar-refractivity contribution in [1.82, 2.24) is 10.1 Å². The van der Waals surface area contributed by atoms with Crippen LogP contribution in [0.2, 0.25) is 0 Å². The number of hydrogen-bond acceptors (Lipinski definition) is 6. The number of rotatable bonds is 7. The number of carbonyl (C=O) groups is 2. The molecule has 1 fully saturated rings. The summed E-state index contributed by atoms with van der Waals surface area (Å²) in [5, 5.41) is 3.91. The van der Waals surface area contributed by atoms with Crippen molar-refractivity contribution in [1.29, 1.82) is 0 Å². The number of aryl methyl sites for hydroxylation is 2. The molecule has 0 unspecified atom stereocenters. The highest BCUT2D eigenvalue weighted by atomic mass is 16.5. The molecule has 7 heteroatoms. The molecule has 1 aromatic heterocycles. The van der Waals surface area contributed by atoms with E-state index in [1.807, 2.05) is 38.1 Å². The molecule has 1 amide bonds. The molecule has 7 nitrogen and oxygen atoms in total. The second-order valence-electron chi connectivity index (χ2n) is 8.32. The molecule has 162 valence electrons. The van der Waals surface area contributed by atoms with E-state index in [4.69, 9.17) is 14.0 Å². The maximum absolute atomic E-state index is 12.3. The molecule has 0 radical (unpaired) electrons. The Labute approximate surface area is 177 Å². The first-order valence-corrected chi connectivity index (χ1v) is 10.4. The van der Waals surface area contributed by atoms with Crippen LogP contribution in [0.5, 0.6) is 5.75 Å². The standard InChI is InChI=1S/C23H30N2O5/c1-15-9-16(2)12-25(11-15)22(26)14-29-23(27)10-19-5-7-20(8-6-19)28-13-21-17(3)24-30-18(21)4/h5-8,15-16H,9-14H2,1-4H3/t15-,16-/m0/s1. The van der Waals surface area contributed by atoms with Crippen molar-refractivity contribution in [3.63, 3.8) is 0 Å². The summed E-state index contributed by atoms with van der Waals surface area (Å²) in [4.78, 5) is 26.3. The second-order valence-corrected chi connectivity index (χ2v) is 8.32. The van der Waals surface area contributed by atoms with Gasteiger partial charge in [0.05, 0.1) is 17.7 Å². The highest BCUT2D eigenvalue weighted by Crippen LogP contribution is 2.21. The van der Waals surface area contributed by atoms with E-state index >= 15 is 0 Å². The van der Waals surface area contributed by atoms with Crippen molar-refractivity contribution in [2.24, 2.45) is 11.8 Å². The molecular formula is C23H30N2O5. The highest BCUT2D eigenvalue weighted by Gasteiger charge is 2.25. The first-order valence-electron chi connectivity index (χ1n) is 10.4. The van der Waals surface area contributed by atoms with E-state index in [0.717, 1.165) is 42.1 Å². The van der Waals surface area contributed by atoms with E-state index in [0.29, 0.717) is 24.2 Å². The van der Waals surface area contributed by atoms with E-state index in [2.05, 4.69) is 19.0 Å². The van der Waals surface area contributed by atoms with Crippen LogP contribution in [0.4, 0.5) is 0 Å². The minimum Gasteiger partial charge on any atom is -0.489 e. The third-order valence-corrected chi connectivity index (χ3v) is 5.41. The van der Waals surface area contributed by atoms with E-state index in [9.17, 15) is 9.59 Å². The van der Waals surface area contributed by atoms with Crippen LogP contribution in [-0.4, -0.2) is 41.6 Å². The Balaban J connectivity index is 1.43.